The molecule has 0 saturated carbocycles. The van der Waals surface area contributed by atoms with Gasteiger partial charge in [-0.2, -0.15) is 5.26 Å². The van der Waals surface area contributed by atoms with Gasteiger partial charge in [-0.05, 0) is 37.1 Å². The lowest BCUT2D eigenvalue weighted by atomic mass is 9.99. The van der Waals surface area contributed by atoms with E-state index in [0.29, 0.717) is 12.1 Å². The second kappa shape index (κ2) is 5.55. The van der Waals surface area contributed by atoms with Crippen molar-refractivity contribution in [2.75, 3.05) is 17.7 Å². The van der Waals surface area contributed by atoms with Gasteiger partial charge in [-0.15, -0.1) is 0 Å². The Balaban J connectivity index is 2.93. The molecule has 0 amide bonds. The number of anilines is 2. The molecule has 0 aliphatic heterocycles. The Hall–Kier alpha value is -1.73. The van der Waals surface area contributed by atoms with Crippen molar-refractivity contribution >= 4 is 11.4 Å². The fraction of sp³-hybridized carbons (Fsp3) is 0.462. The van der Waals surface area contributed by atoms with E-state index in [1.165, 1.54) is 0 Å². The predicted molar refractivity (Wildman–Crippen MR) is 69.6 cm³/mol. The SMILES string of the molecule is CCC(C)(CO)Nc1ccc(N)c(CC#N)c1. The molecular formula is C13H19N3O. The van der Waals surface area contributed by atoms with Gasteiger partial charge >= 0.3 is 0 Å². The van der Waals surface area contributed by atoms with Crippen LogP contribution in [-0.2, 0) is 6.42 Å². The summed E-state index contributed by atoms with van der Waals surface area (Å²) in [6, 6.07) is 7.59. The van der Waals surface area contributed by atoms with E-state index in [2.05, 4.69) is 11.4 Å². The minimum atomic E-state index is -0.347. The Morgan fingerprint density at radius 2 is 2.24 bits per heavy atom. The van der Waals surface area contributed by atoms with E-state index in [9.17, 15) is 5.11 Å². The highest BCUT2D eigenvalue weighted by Crippen LogP contribution is 2.22. The van der Waals surface area contributed by atoms with E-state index >= 15 is 0 Å². The van der Waals surface area contributed by atoms with E-state index in [0.717, 1.165) is 17.7 Å². The second-order valence-electron chi connectivity index (χ2n) is 4.45. The molecular weight excluding hydrogens is 214 g/mol. The zero-order valence-electron chi connectivity index (χ0n) is 10.3. The summed E-state index contributed by atoms with van der Waals surface area (Å²) < 4.78 is 0. The van der Waals surface area contributed by atoms with Crippen molar-refractivity contribution in [1.29, 1.82) is 5.26 Å². The second-order valence-corrected chi connectivity index (χ2v) is 4.45. The van der Waals surface area contributed by atoms with E-state index < -0.39 is 0 Å². The average Bonchev–Trinajstić information content (AvgIpc) is 2.33. The Kier molecular flexibility index (Phi) is 4.36. The maximum Gasteiger partial charge on any atom is 0.0670 e. The predicted octanol–water partition coefficient (Wildman–Crippen LogP) is 1.91. The van der Waals surface area contributed by atoms with Crippen molar-refractivity contribution in [1.82, 2.24) is 0 Å². The molecule has 4 N–H and O–H groups in total. The Bertz CT molecular complexity index is 419. The minimum absolute atomic E-state index is 0.0570. The molecule has 1 unspecified atom stereocenters. The average molecular weight is 233 g/mol. The molecule has 1 rings (SSSR count). The molecule has 0 spiro atoms. The maximum absolute atomic E-state index is 9.33. The van der Waals surface area contributed by atoms with Crippen molar-refractivity contribution in [3.63, 3.8) is 0 Å². The molecule has 0 aromatic heterocycles. The molecule has 0 fully saturated rings. The molecule has 17 heavy (non-hydrogen) atoms. The van der Waals surface area contributed by atoms with Crippen LogP contribution in [0, 0.1) is 11.3 Å². The number of aliphatic hydroxyl groups is 1. The van der Waals surface area contributed by atoms with Gasteiger partial charge in [-0.3, -0.25) is 0 Å². The lowest BCUT2D eigenvalue weighted by Crippen LogP contribution is -2.37. The topological polar surface area (TPSA) is 82.1 Å². The van der Waals surface area contributed by atoms with Crippen LogP contribution >= 0.6 is 0 Å². The zero-order valence-corrected chi connectivity index (χ0v) is 10.3. The normalized spacial score (nSPS) is 13.8. The van der Waals surface area contributed by atoms with Crippen molar-refractivity contribution in [2.45, 2.75) is 32.2 Å². The quantitative estimate of drug-likeness (QED) is 0.678. The first-order chi connectivity index (χ1) is 8.04. The van der Waals surface area contributed by atoms with Crippen LogP contribution in [0.3, 0.4) is 0 Å². The van der Waals surface area contributed by atoms with Crippen molar-refractivity contribution in [3.8, 4) is 6.07 Å². The van der Waals surface area contributed by atoms with Crippen molar-refractivity contribution < 1.29 is 5.11 Å². The van der Waals surface area contributed by atoms with Gasteiger partial charge in [0, 0.05) is 11.4 Å². The van der Waals surface area contributed by atoms with Crippen molar-refractivity contribution in [2.24, 2.45) is 0 Å². The summed E-state index contributed by atoms with van der Waals surface area (Å²) in [6.07, 6.45) is 1.10. The summed E-state index contributed by atoms with van der Waals surface area (Å²) in [4.78, 5) is 0. The standard InChI is InChI=1S/C13H19N3O/c1-3-13(2,9-17)16-11-4-5-12(15)10(8-11)6-7-14/h4-5,8,16-17H,3,6,9,15H2,1-2H3. The Labute approximate surface area is 102 Å². The van der Waals surface area contributed by atoms with E-state index in [-0.39, 0.29) is 12.1 Å². The third kappa shape index (κ3) is 3.36. The summed E-state index contributed by atoms with van der Waals surface area (Å²) >= 11 is 0. The largest absolute Gasteiger partial charge is 0.398 e. The van der Waals surface area contributed by atoms with Gasteiger partial charge in [0.2, 0.25) is 0 Å². The number of nitrogen functional groups attached to an aromatic ring is 1. The molecule has 92 valence electrons. The third-order valence-corrected chi connectivity index (χ3v) is 2.99. The molecule has 0 bridgehead atoms. The van der Waals surface area contributed by atoms with Gasteiger partial charge in [0.05, 0.1) is 24.6 Å². The van der Waals surface area contributed by atoms with E-state index in [4.69, 9.17) is 11.0 Å². The third-order valence-electron chi connectivity index (χ3n) is 2.99. The number of nitrogens with zero attached hydrogens (tertiary/aromatic N) is 1. The van der Waals surface area contributed by atoms with Crippen LogP contribution in [0.2, 0.25) is 0 Å². The van der Waals surface area contributed by atoms with Gasteiger partial charge in [0.1, 0.15) is 0 Å². The van der Waals surface area contributed by atoms with Crippen LogP contribution in [0.1, 0.15) is 25.8 Å². The fourth-order valence-electron chi connectivity index (χ4n) is 1.51. The zero-order chi connectivity index (χ0) is 12.9. The minimum Gasteiger partial charge on any atom is -0.398 e. The molecule has 0 aliphatic rings. The van der Waals surface area contributed by atoms with E-state index in [1.54, 1.807) is 6.07 Å². The first-order valence-corrected chi connectivity index (χ1v) is 5.69. The van der Waals surface area contributed by atoms with Gasteiger partial charge in [-0.1, -0.05) is 6.92 Å². The van der Waals surface area contributed by atoms with Gasteiger partial charge in [0.25, 0.3) is 0 Å². The summed E-state index contributed by atoms with van der Waals surface area (Å²) in [6.45, 7) is 4.02. The van der Waals surface area contributed by atoms with Crippen LogP contribution in [0.15, 0.2) is 18.2 Å². The van der Waals surface area contributed by atoms with E-state index in [1.807, 2.05) is 26.0 Å². The lowest BCUT2D eigenvalue weighted by Gasteiger charge is -2.28. The van der Waals surface area contributed by atoms with Gasteiger partial charge in [-0.25, -0.2) is 0 Å². The molecule has 1 aromatic rings. The lowest BCUT2D eigenvalue weighted by molar-refractivity contribution is 0.219. The first kappa shape index (κ1) is 13.3. The highest BCUT2D eigenvalue weighted by Gasteiger charge is 2.20. The van der Waals surface area contributed by atoms with Crippen LogP contribution in [0.5, 0.6) is 0 Å². The molecule has 0 heterocycles. The number of benzene rings is 1. The molecule has 0 saturated heterocycles. The fourth-order valence-corrected chi connectivity index (χ4v) is 1.51. The summed E-state index contributed by atoms with van der Waals surface area (Å²) in [5, 5.41) is 21.3. The smallest absolute Gasteiger partial charge is 0.0670 e. The first-order valence-electron chi connectivity index (χ1n) is 5.69. The molecule has 1 aromatic carbocycles. The Morgan fingerprint density at radius 3 is 2.76 bits per heavy atom. The number of nitrogens with one attached hydrogen (secondary N) is 1. The summed E-state index contributed by atoms with van der Waals surface area (Å²) in [7, 11) is 0. The molecule has 4 nitrogen and oxygen atoms in total. The Morgan fingerprint density at radius 1 is 1.53 bits per heavy atom. The van der Waals surface area contributed by atoms with Crippen LogP contribution in [0.4, 0.5) is 11.4 Å². The molecule has 1 atom stereocenters. The maximum atomic E-state index is 9.33. The van der Waals surface area contributed by atoms with Crippen LogP contribution in [0.25, 0.3) is 0 Å². The molecule has 0 radical (unpaired) electrons. The number of rotatable bonds is 5. The highest BCUT2D eigenvalue weighted by atomic mass is 16.3. The number of hydrogen-bond acceptors (Lipinski definition) is 4. The summed E-state index contributed by atoms with van der Waals surface area (Å²) in [5.41, 5.74) is 7.74. The number of nitrogens with two attached hydrogens (primary N) is 1. The van der Waals surface area contributed by atoms with Gasteiger partial charge in [0.15, 0.2) is 0 Å². The van der Waals surface area contributed by atoms with Crippen LogP contribution in [-0.4, -0.2) is 17.3 Å². The highest BCUT2D eigenvalue weighted by molar-refractivity contribution is 5.58. The van der Waals surface area contributed by atoms with Crippen molar-refractivity contribution in [3.05, 3.63) is 23.8 Å². The van der Waals surface area contributed by atoms with Crippen LogP contribution < -0.4 is 11.1 Å². The number of nitriles is 1. The molecule has 0 aliphatic carbocycles. The van der Waals surface area contributed by atoms with Gasteiger partial charge < -0.3 is 16.2 Å². The number of aliphatic hydroxyl groups excluding tert-OH is 1. The monoisotopic (exact) mass is 233 g/mol. The summed E-state index contributed by atoms with van der Waals surface area (Å²) in [5.74, 6) is 0. The molecule has 4 heteroatoms. The number of hydrogen-bond donors (Lipinski definition) is 3.